The van der Waals surface area contributed by atoms with E-state index in [0.29, 0.717) is 24.1 Å². The Kier molecular flexibility index (Phi) is 6.43. The molecule has 182 valence electrons. The number of hydrogen-bond donors (Lipinski definition) is 2. The predicted molar refractivity (Wildman–Crippen MR) is 139 cm³/mol. The van der Waals surface area contributed by atoms with Gasteiger partial charge in [0, 0.05) is 17.3 Å². The third kappa shape index (κ3) is 4.94. The number of nitrogens with one attached hydrogen (secondary N) is 2. The number of hydrogen-bond acceptors (Lipinski definition) is 3. The first-order valence-electron chi connectivity index (χ1n) is 11.7. The molecule has 1 aliphatic rings. The molecule has 1 amide bonds. The largest absolute Gasteiger partial charge is 0.322 e. The Labute approximate surface area is 210 Å². The molecule has 4 aromatic rings. The lowest BCUT2D eigenvalue weighted by atomic mass is 9.94. The minimum atomic E-state index is -3.61. The first-order valence-corrected chi connectivity index (χ1v) is 13.1. The highest BCUT2D eigenvalue weighted by atomic mass is 32.2. The van der Waals surface area contributed by atoms with Crippen LogP contribution >= 0.6 is 0 Å². The number of rotatable bonds is 6. The van der Waals surface area contributed by atoms with Crippen LogP contribution < -0.4 is 10.0 Å². The normalized spacial score (nSPS) is 14.9. The molecular formula is C29H25FN2O3S. The average molecular weight is 501 g/mol. The van der Waals surface area contributed by atoms with Crippen molar-refractivity contribution in [2.45, 2.75) is 30.7 Å². The summed E-state index contributed by atoms with van der Waals surface area (Å²) in [4.78, 5) is 13.5. The zero-order chi connectivity index (χ0) is 25.3. The van der Waals surface area contributed by atoms with Gasteiger partial charge < -0.3 is 5.32 Å². The zero-order valence-corrected chi connectivity index (χ0v) is 20.5. The van der Waals surface area contributed by atoms with Crippen molar-refractivity contribution in [2.75, 3.05) is 5.32 Å². The van der Waals surface area contributed by atoms with Crippen LogP contribution in [0.25, 0.3) is 11.1 Å². The monoisotopic (exact) mass is 500 g/mol. The van der Waals surface area contributed by atoms with Crippen LogP contribution in [-0.2, 0) is 22.9 Å². The van der Waals surface area contributed by atoms with Crippen molar-refractivity contribution in [3.05, 3.63) is 119 Å². The van der Waals surface area contributed by atoms with Crippen LogP contribution in [0.2, 0.25) is 0 Å². The van der Waals surface area contributed by atoms with E-state index in [9.17, 15) is 17.6 Å². The van der Waals surface area contributed by atoms with E-state index in [1.54, 1.807) is 48.5 Å². The fourth-order valence-corrected chi connectivity index (χ4v) is 5.98. The molecule has 0 bridgehead atoms. The zero-order valence-electron chi connectivity index (χ0n) is 19.7. The van der Waals surface area contributed by atoms with Gasteiger partial charge in [0.1, 0.15) is 5.82 Å². The van der Waals surface area contributed by atoms with Crippen molar-refractivity contribution in [1.29, 1.82) is 0 Å². The SMILES string of the molecule is Cc1cccc(C(=O)Nc2ccc3c(c2)C[C@@H](NS(=O)(=O)c2ccccc2)C3)c1-c1ccc(F)cc1. The number of anilines is 1. The molecule has 4 aromatic carbocycles. The molecule has 0 aliphatic heterocycles. The van der Waals surface area contributed by atoms with Gasteiger partial charge in [0.05, 0.1) is 4.90 Å². The topological polar surface area (TPSA) is 75.3 Å². The highest BCUT2D eigenvalue weighted by molar-refractivity contribution is 7.89. The summed E-state index contributed by atoms with van der Waals surface area (Å²) in [6, 6.07) is 25.3. The summed E-state index contributed by atoms with van der Waals surface area (Å²) in [7, 11) is -3.61. The quantitative estimate of drug-likeness (QED) is 0.367. The van der Waals surface area contributed by atoms with Crippen LogP contribution in [0.5, 0.6) is 0 Å². The fraction of sp³-hybridized carbons (Fsp3) is 0.138. The van der Waals surface area contributed by atoms with Crippen molar-refractivity contribution in [1.82, 2.24) is 4.72 Å². The second kappa shape index (κ2) is 9.68. The van der Waals surface area contributed by atoms with E-state index in [2.05, 4.69) is 10.0 Å². The molecule has 1 aliphatic carbocycles. The van der Waals surface area contributed by atoms with Crippen LogP contribution in [0.3, 0.4) is 0 Å². The van der Waals surface area contributed by atoms with E-state index in [-0.39, 0.29) is 22.7 Å². The Balaban J connectivity index is 1.33. The van der Waals surface area contributed by atoms with E-state index < -0.39 is 10.0 Å². The van der Waals surface area contributed by atoms with Crippen molar-refractivity contribution in [3.63, 3.8) is 0 Å². The van der Waals surface area contributed by atoms with Gasteiger partial charge in [-0.15, -0.1) is 0 Å². The minimum Gasteiger partial charge on any atom is -0.322 e. The molecule has 5 nitrogen and oxygen atoms in total. The van der Waals surface area contributed by atoms with Gasteiger partial charge in [0.25, 0.3) is 5.91 Å². The third-order valence-electron chi connectivity index (χ3n) is 6.42. The van der Waals surface area contributed by atoms with Gasteiger partial charge in [0.2, 0.25) is 10.0 Å². The maximum Gasteiger partial charge on any atom is 0.256 e. The lowest BCUT2D eigenvalue weighted by Crippen LogP contribution is -2.35. The molecule has 0 aromatic heterocycles. The molecule has 0 spiro atoms. The molecule has 1 atom stereocenters. The summed E-state index contributed by atoms with van der Waals surface area (Å²) < 4.78 is 41.7. The van der Waals surface area contributed by atoms with Gasteiger partial charge in [-0.2, -0.15) is 0 Å². The summed E-state index contributed by atoms with van der Waals surface area (Å²) in [5, 5.41) is 2.97. The Bertz CT molecular complexity index is 1540. The van der Waals surface area contributed by atoms with Crippen LogP contribution in [0.15, 0.2) is 95.9 Å². The molecule has 36 heavy (non-hydrogen) atoms. The van der Waals surface area contributed by atoms with Crippen molar-refractivity contribution in [3.8, 4) is 11.1 Å². The van der Waals surface area contributed by atoms with Gasteiger partial charge in [-0.3, -0.25) is 4.79 Å². The summed E-state index contributed by atoms with van der Waals surface area (Å²) >= 11 is 0. The van der Waals surface area contributed by atoms with E-state index in [4.69, 9.17) is 0 Å². The molecule has 5 rings (SSSR count). The molecule has 7 heteroatoms. The number of carbonyl (C=O) groups excluding carboxylic acids is 1. The number of halogens is 1. The number of aryl methyl sites for hydroxylation is 1. The highest BCUT2D eigenvalue weighted by Crippen LogP contribution is 2.30. The van der Waals surface area contributed by atoms with Gasteiger partial charge in [-0.1, -0.05) is 48.5 Å². The number of sulfonamides is 1. The molecule has 2 N–H and O–H groups in total. The lowest BCUT2D eigenvalue weighted by molar-refractivity contribution is 0.102. The fourth-order valence-electron chi connectivity index (χ4n) is 4.72. The Morgan fingerprint density at radius 3 is 2.33 bits per heavy atom. The van der Waals surface area contributed by atoms with E-state index in [1.165, 1.54) is 12.1 Å². The highest BCUT2D eigenvalue weighted by Gasteiger charge is 2.27. The maximum atomic E-state index is 13.4. The van der Waals surface area contributed by atoms with E-state index in [1.807, 2.05) is 37.3 Å². The average Bonchev–Trinajstić information content (AvgIpc) is 3.26. The summed E-state index contributed by atoms with van der Waals surface area (Å²) in [6.45, 7) is 1.92. The van der Waals surface area contributed by atoms with Crippen molar-refractivity contribution >= 4 is 21.6 Å². The number of benzene rings is 4. The summed E-state index contributed by atoms with van der Waals surface area (Å²) in [5.41, 5.74) is 5.62. The second-order valence-corrected chi connectivity index (χ2v) is 10.7. The second-order valence-electron chi connectivity index (χ2n) is 8.98. The van der Waals surface area contributed by atoms with E-state index in [0.717, 1.165) is 27.8 Å². The van der Waals surface area contributed by atoms with Crippen LogP contribution in [0.4, 0.5) is 10.1 Å². The van der Waals surface area contributed by atoms with Crippen LogP contribution in [0.1, 0.15) is 27.0 Å². The molecule has 0 heterocycles. The number of fused-ring (bicyclic) bond motifs is 1. The standard InChI is InChI=1S/C29H25FN2O3S/c1-19-6-5-9-27(28(19)20-10-13-23(30)14-11-20)29(33)31-24-15-12-21-16-25(18-22(21)17-24)32-36(34,35)26-7-3-2-4-8-26/h2-15,17,25,32H,16,18H2,1H3,(H,31,33)/t25-/m0/s1. The first kappa shape index (κ1) is 23.9. The molecule has 0 unspecified atom stereocenters. The summed E-state index contributed by atoms with van der Waals surface area (Å²) in [5.74, 6) is -0.599. The Morgan fingerprint density at radius 2 is 1.58 bits per heavy atom. The Hall–Kier alpha value is -3.81. The molecular weight excluding hydrogens is 475 g/mol. The molecule has 0 saturated carbocycles. The lowest BCUT2D eigenvalue weighted by Gasteiger charge is -2.14. The maximum absolute atomic E-state index is 13.4. The van der Waals surface area contributed by atoms with Crippen molar-refractivity contribution < 1.29 is 17.6 Å². The Morgan fingerprint density at radius 1 is 0.861 bits per heavy atom. The van der Waals surface area contributed by atoms with Gasteiger partial charge >= 0.3 is 0 Å². The van der Waals surface area contributed by atoms with Crippen LogP contribution in [0, 0.1) is 12.7 Å². The number of amides is 1. The number of carbonyl (C=O) groups is 1. The van der Waals surface area contributed by atoms with Crippen molar-refractivity contribution in [2.24, 2.45) is 0 Å². The molecule has 0 fully saturated rings. The van der Waals surface area contributed by atoms with E-state index >= 15 is 0 Å². The smallest absolute Gasteiger partial charge is 0.256 e. The predicted octanol–water partition coefficient (Wildman–Crippen LogP) is 5.50. The minimum absolute atomic E-state index is 0.240. The van der Waals surface area contributed by atoms with Crippen LogP contribution in [-0.4, -0.2) is 20.4 Å². The third-order valence-corrected chi connectivity index (χ3v) is 7.96. The summed E-state index contributed by atoms with van der Waals surface area (Å²) in [6.07, 6.45) is 1.12. The molecule has 0 saturated heterocycles. The van der Waals surface area contributed by atoms with Gasteiger partial charge in [-0.25, -0.2) is 17.5 Å². The van der Waals surface area contributed by atoms with Gasteiger partial charge in [0.15, 0.2) is 0 Å². The first-order chi connectivity index (χ1) is 17.3. The molecule has 0 radical (unpaired) electrons. The van der Waals surface area contributed by atoms with Gasteiger partial charge in [-0.05, 0) is 90.0 Å².